The Balaban J connectivity index is 1.84. The van der Waals surface area contributed by atoms with E-state index < -0.39 is 0 Å². The molecule has 0 amide bonds. The molecule has 1 heterocycles. The van der Waals surface area contributed by atoms with Crippen LogP contribution in [0.4, 0.5) is 0 Å². The van der Waals surface area contributed by atoms with Crippen LogP contribution in [-0.2, 0) is 0 Å². The lowest BCUT2D eigenvalue weighted by Crippen LogP contribution is -2.40. The Hall–Kier alpha value is -0.300. The number of hydrogen-bond donors (Lipinski definition) is 0. The molecule has 0 aromatic carbocycles. The molecule has 1 spiro atoms. The summed E-state index contributed by atoms with van der Waals surface area (Å²) in [5, 5.41) is 0. The van der Waals surface area contributed by atoms with Gasteiger partial charge in [-0.2, -0.15) is 0 Å². The Morgan fingerprint density at radius 3 is 2.40 bits per heavy atom. The van der Waals surface area contributed by atoms with Gasteiger partial charge in [0.15, 0.2) is 0 Å². The number of allylic oxidation sites excluding steroid dienone is 1. The van der Waals surface area contributed by atoms with E-state index in [0.717, 1.165) is 5.92 Å². The van der Waals surface area contributed by atoms with Crippen LogP contribution in [0.1, 0.15) is 46.0 Å². The molecular weight excluding hydrogens is 182 g/mol. The van der Waals surface area contributed by atoms with Crippen LogP contribution in [0.25, 0.3) is 0 Å². The van der Waals surface area contributed by atoms with Crippen molar-refractivity contribution in [2.45, 2.75) is 46.0 Å². The van der Waals surface area contributed by atoms with Crippen molar-refractivity contribution in [1.29, 1.82) is 0 Å². The van der Waals surface area contributed by atoms with Gasteiger partial charge in [-0.3, -0.25) is 0 Å². The third-order valence-electron chi connectivity index (χ3n) is 4.17. The van der Waals surface area contributed by atoms with Gasteiger partial charge < -0.3 is 4.90 Å². The highest BCUT2D eigenvalue weighted by Crippen LogP contribution is 2.48. The van der Waals surface area contributed by atoms with E-state index >= 15 is 0 Å². The highest BCUT2D eigenvalue weighted by Gasteiger charge is 2.38. The fourth-order valence-corrected chi connectivity index (χ4v) is 3.30. The molecule has 1 saturated heterocycles. The van der Waals surface area contributed by atoms with E-state index in [0.29, 0.717) is 5.41 Å². The quantitative estimate of drug-likeness (QED) is 0.627. The fourth-order valence-electron chi connectivity index (χ4n) is 3.30. The van der Waals surface area contributed by atoms with Crippen LogP contribution in [-0.4, -0.2) is 24.5 Å². The summed E-state index contributed by atoms with van der Waals surface area (Å²) >= 11 is 0. The van der Waals surface area contributed by atoms with E-state index in [2.05, 4.69) is 25.3 Å². The Kier molecular flexibility index (Phi) is 3.20. The van der Waals surface area contributed by atoms with Gasteiger partial charge in [-0.1, -0.05) is 26.0 Å². The summed E-state index contributed by atoms with van der Waals surface area (Å²) in [5.41, 5.74) is 2.18. The van der Waals surface area contributed by atoms with Crippen molar-refractivity contribution >= 4 is 0 Å². The number of likely N-dealkylation sites (tertiary alicyclic amines) is 1. The summed E-state index contributed by atoms with van der Waals surface area (Å²) in [6.07, 6.45) is 6.87. The summed E-state index contributed by atoms with van der Waals surface area (Å²) in [5.74, 6) is 0.817. The third kappa shape index (κ3) is 2.63. The lowest BCUT2D eigenvalue weighted by molar-refractivity contribution is 0.102. The molecule has 0 N–H and O–H groups in total. The predicted molar refractivity (Wildman–Crippen MR) is 65.9 cm³/mol. The van der Waals surface area contributed by atoms with Crippen molar-refractivity contribution in [1.82, 2.24) is 4.90 Å². The maximum absolute atomic E-state index is 4.16. The first-order valence-corrected chi connectivity index (χ1v) is 6.49. The van der Waals surface area contributed by atoms with Crippen LogP contribution in [0, 0.1) is 11.3 Å². The average molecular weight is 207 g/mol. The minimum atomic E-state index is 0.671. The zero-order chi connectivity index (χ0) is 10.9. The van der Waals surface area contributed by atoms with Gasteiger partial charge in [0.25, 0.3) is 0 Å². The largest absolute Gasteiger partial charge is 0.303 e. The Bertz CT molecular complexity index is 234. The summed E-state index contributed by atoms with van der Waals surface area (Å²) < 4.78 is 0. The number of piperidine rings is 1. The molecule has 1 aliphatic carbocycles. The van der Waals surface area contributed by atoms with Crippen LogP contribution in [0.3, 0.4) is 0 Å². The van der Waals surface area contributed by atoms with Gasteiger partial charge in [0, 0.05) is 6.54 Å². The summed E-state index contributed by atoms with van der Waals surface area (Å²) in [6.45, 7) is 12.7. The van der Waals surface area contributed by atoms with Gasteiger partial charge in [0.05, 0.1) is 0 Å². The van der Waals surface area contributed by atoms with Crippen LogP contribution in [0.5, 0.6) is 0 Å². The molecule has 1 saturated carbocycles. The van der Waals surface area contributed by atoms with E-state index in [1.807, 2.05) is 0 Å². The van der Waals surface area contributed by atoms with Crippen LogP contribution in [0.2, 0.25) is 0 Å². The molecule has 0 bridgehead atoms. The van der Waals surface area contributed by atoms with E-state index in [9.17, 15) is 0 Å². The molecule has 15 heavy (non-hydrogen) atoms. The molecule has 0 atom stereocenters. The average Bonchev–Trinajstić information content (AvgIpc) is 2.52. The molecule has 86 valence electrons. The molecule has 2 aliphatic rings. The van der Waals surface area contributed by atoms with E-state index in [1.165, 1.54) is 57.3 Å². The van der Waals surface area contributed by atoms with Gasteiger partial charge in [0.2, 0.25) is 0 Å². The van der Waals surface area contributed by atoms with Crippen molar-refractivity contribution in [2.75, 3.05) is 19.6 Å². The molecular formula is C14H25N. The minimum Gasteiger partial charge on any atom is -0.303 e. The second-order valence-electron chi connectivity index (χ2n) is 6.12. The van der Waals surface area contributed by atoms with Crippen LogP contribution >= 0.6 is 0 Å². The smallest absolute Gasteiger partial charge is 0.000439 e. The maximum Gasteiger partial charge on any atom is 0.000439 e. The first-order valence-electron chi connectivity index (χ1n) is 6.49. The van der Waals surface area contributed by atoms with Crippen molar-refractivity contribution in [3.05, 3.63) is 12.2 Å². The van der Waals surface area contributed by atoms with E-state index in [-0.39, 0.29) is 0 Å². The third-order valence-corrected chi connectivity index (χ3v) is 4.17. The van der Waals surface area contributed by atoms with E-state index in [1.54, 1.807) is 0 Å². The van der Waals surface area contributed by atoms with Gasteiger partial charge >= 0.3 is 0 Å². The highest BCUT2D eigenvalue weighted by molar-refractivity contribution is 5.09. The van der Waals surface area contributed by atoms with Gasteiger partial charge in [0.1, 0.15) is 0 Å². The Labute approximate surface area is 94.5 Å². The number of hydrogen-bond acceptors (Lipinski definition) is 1. The van der Waals surface area contributed by atoms with Crippen LogP contribution < -0.4 is 0 Å². The lowest BCUT2D eigenvalue weighted by Gasteiger charge is -2.39. The highest BCUT2D eigenvalue weighted by atomic mass is 15.1. The maximum atomic E-state index is 4.16. The fraction of sp³-hybridized carbons (Fsp3) is 0.857. The number of nitrogens with zero attached hydrogens (tertiary/aromatic N) is 1. The molecule has 0 unspecified atom stereocenters. The predicted octanol–water partition coefficient (Wildman–Crippen LogP) is 3.46. The van der Waals surface area contributed by atoms with Crippen molar-refractivity contribution in [3.8, 4) is 0 Å². The molecule has 0 radical (unpaired) electrons. The SMILES string of the molecule is C=C1CCC2(CCN(CC(C)C)CC2)C1. The second-order valence-corrected chi connectivity index (χ2v) is 6.12. The standard InChI is InChI=1S/C14H25N/c1-12(2)11-15-8-6-14(7-9-15)5-4-13(3)10-14/h12H,3-11H2,1-2H3. The Morgan fingerprint density at radius 2 is 1.93 bits per heavy atom. The second kappa shape index (κ2) is 4.29. The zero-order valence-corrected chi connectivity index (χ0v) is 10.4. The molecule has 1 nitrogen and oxygen atoms in total. The number of rotatable bonds is 2. The van der Waals surface area contributed by atoms with Crippen molar-refractivity contribution in [2.24, 2.45) is 11.3 Å². The lowest BCUT2D eigenvalue weighted by atomic mass is 9.77. The monoisotopic (exact) mass is 207 g/mol. The molecule has 2 rings (SSSR count). The normalized spacial score (nSPS) is 26.7. The molecule has 0 aromatic heterocycles. The van der Waals surface area contributed by atoms with Crippen LogP contribution in [0.15, 0.2) is 12.2 Å². The molecule has 2 fully saturated rings. The minimum absolute atomic E-state index is 0.671. The van der Waals surface area contributed by atoms with Gasteiger partial charge in [-0.25, -0.2) is 0 Å². The van der Waals surface area contributed by atoms with E-state index in [4.69, 9.17) is 0 Å². The van der Waals surface area contributed by atoms with Gasteiger partial charge in [-0.15, -0.1) is 0 Å². The van der Waals surface area contributed by atoms with Gasteiger partial charge in [-0.05, 0) is 56.5 Å². The van der Waals surface area contributed by atoms with Crippen molar-refractivity contribution < 1.29 is 0 Å². The first-order chi connectivity index (χ1) is 7.10. The Morgan fingerprint density at radius 1 is 1.27 bits per heavy atom. The molecule has 1 aliphatic heterocycles. The summed E-state index contributed by atoms with van der Waals surface area (Å²) in [7, 11) is 0. The zero-order valence-electron chi connectivity index (χ0n) is 10.4. The summed E-state index contributed by atoms with van der Waals surface area (Å²) in [6, 6.07) is 0. The molecule has 0 aromatic rings. The molecule has 1 heteroatoms. The van der Waals surface area contributed by atoms with Crippen molar-refractivity contribution in [3.63, 3.8) is 0 Å². The first kappa shape index (κ1) is 11.2. The summed E-state index contributed by atoms with van der Waals surface area (Å²) in [4.78, 5) is 2.65. The topological polar surface area (TPSA) is 3.24 Å².